The van der Waals surface area contributed by atoms with Gasteiger partial charge >= 0.3 is 12.1 Å². The number of amides is 3. The van der Waals surface area contributed by atoms with Crippen LogP contribution in [0, 0.1) is 11.8 Å². The summed E-state index contributed by atoms with van der Waals surface area (Å²) < 4.78 is 10.0. The Labute approximate surface area is 199 Å². The Hall–Kier alpha value is -2.32. The van der Waals surface area contributed by atoms with Gasteiger partial charge in [-0.1, -0.05) is 27.7 Å². The van der Waals surface area contributed by atoms with Gasteiger partial charge in [-0.2, -0.15) is 0 Å². The quantitative estimate of drug-likeness (QED) is 0.422. The topological polar surface area (TPSA) is 114 Å². The zero-order chi connectivity index (χ0) is 25.9. The van der Waals surface area contributed by atoms with Crippen molar-refractivity contribution in [2.75, 3.05) is 14.2 Å². The van der Waals surface area contributed by atoms with Crippen LogP contribution in [-0.4, -0.2) is 66.7 Å². The minimum absolute atomic E-state index is 0.0152. The highest BCUT2D eigenvalue weighted by atomic mass is 16.6. The van der Waals surface area contributed by atoms with Gasteiger partial charge in [0.1, 0.15) is 5.60 Å². The van der Waals surface area contributed by atoms with Crippen LogP contribution < -0.4 is 10.6 Å². The lowest BCUT2D eigenvalue weighted by molar-refractivity contribution is -0.143. The number of hydrogen-bond donors (Lipinski definition) is 2. The number of nitrogens with zero attached hydrogens (tertiary/aromatic N) is 1. The Bertz CT molecular complexity index is 657. The van der Waals surface area contributed by atoms with E-state index in [1.54, 1.807) is 39.6 Å². The van der Waals surface area contributed by atoms with Crippen molar-refractivity contribution in [1.82, 2.24) is 15.5 Å². The molecule has 0 unspecified atom stereocenters. The van der Waals surface area contributed by atoms with E-state index < -0.39 is 23.8 Å². The highest BCUT2D eigenvalue weighted by molar-refractivity contribution is 5.81. The van der Waals surface area contributed by atoms with Crippen LogP contribution >= 0.6 is 0 Å². The summed E-state index contributed by atoms with van der Waals surface area (Å²) in [6.07, 6.45) is 0.405. The first kappa shape index (κ1) is 30.7. The number of rotatable bonds is 12. The fourth-order valence-electron chi connectivity index (χ4n) is 3.30. The van der Waals surface area contributed by atoms with E-state index in [4.69, 9.17) is 9.47 Å². The van der Waals surface area contributed by atoms with Crippen LogP contribution in [-0.2, 0) is 23.9 Å². The Balaban J connectivity index is 4.90. The largest absolute Gasteiger partial charge is 0.469 e. The van der Waals surface area contributed by atoms with Crippen LogP contribution in [0.2, 0.25) is 0 Å². The third kappa shape index (κ3) is 13.7. The molecule has 0 fully saturated rings. The Kier molecular flexibility index (Phi) is 13.1. The van der Waals surface area contributed by atoms with Crippen LogP contribution in [0.5, 0.6) is 0 Å². The second-order valence-corrected chi connectivity index (χ2v) is 10.4. The Morgan fingerprint density at radius 1 is 0.909 bits per heavy atom. The van der Waals surface area contributed by atoms with Crippen LogP contribution in [0.1, 0.15) is 81.1 Å². The molecule has 0 aliphatic rings. The third-order valence-electron chi connectivity index (χ3n) is 5.11. The highest BCUT2D eigenvalue weighted by Crippen LogP contribution is 2.16. The normalized spacial score (nSPS) is 14.3. The van der Waals surface area contributed by atoms with Gasteiger partial charge in [-0.15, -0.1) is 0 Å². The minimum atomic E-state index is -0.629. The summed E-state index contributed by atoms with van der Waals surface area (Å²) in [5.74, 6) is -0.469. The van der Waals surface area contributed by atoms with Gasteiger partial charge in [0.05, 0.1) is 13.5 Å². The summed E-state index contributed by atoms with van der Waals surface area (Å²) in [6.45, 7) is 15.0. The van der Waals surface area contributed by atoms with Crippen molar-refractivity contribution in [3.05, 3.63) is 0 Å². The number of carbonyl (C=O) groups is 4. The van der Waals surface area contributed by atoms with E-state index >= 15 is 0 Å². The van der Waals surface area contributed by atoms with Crippen LogP contribution in [0.3, 0.4) is 0 Å². The Morgan fingerprint density at radius 3 is 1.94 bits per heavy atom. The van der Waals surface area contributed by atoms with E-state index in [0.29, 0.717) is 12.3 Å². The maximum absolute atomic E-state index is 12.8. The van der Waals surface area contributed by atoms with Gasteiger partial charge in [-0.3, -0.25) is 14.4 Å². The molecule has 0 spiro atoms. The second-order valence-electron chi connectivity index (χ2n) is 10.4. The summed E-state index contributed by atoms with van der Waals surface area (Å²) in [4.78, 5) is 50.8. The van der Waals surface area contributed by atoms with Gasteiger partial charge in [0.15, 0.2) is 0 Å². The monoisotopic (exact) mass is 471 g/mol. The molecular weight excluding hydrogens is 426 g/mol. The molecule has 0 radical (unpaired) electrons. The first-order valence-electron chi connectivity index (χ1n) is 11.7. The number of alkyl carbamates (subject to hydrolysis) is 1. The van der Waals surface area contributed by atoms with E-state index in [-0.39, 0.29) is 49.0 Å². The molecule has 0 rings (SSSR count). The van der Waals surface area contributed by atoms with Crippen molar-refractivity contribution < 1.29 is 28.7 Å². The van der Waals surface area contributed by atoms with Gasteiger partial charge in [0.2, 0.25) is 11.8 Å². The van der Waals surface area contributed by atoms with Gasteiger partial charge in [0, 0.05) is 38.0 Å². The van der Waals surface area contributed by atoms with E-state index in [9.17, 15) is 19.2 Å². The molecule has 2 N–H and O–H groups in total. The molecule has 0 aliphatic carbocycles. The van der Waals surface area contributed by atoms with Crippen molar-refractivity contribution >= 4 is 23.9 Å². The molecule has 0 saturated heterocycles. The van der Waals surface area contributed by atoms with E-state index in [2.05, 4.69) is 10.6 Å². The van der Waals surface area contributed by atoms with Crippen LogP contribution in [0.25, 0.3) is 0 Å². The molecule has 33 heavy (non-hydrogen) atoms. The lowest BCUT2D eigenvalue weighted by Crippen LogP contribution is -2.46. The molecule has 0 bridgehead atoms. The van der Waals surface area contributed by atoms with Gasteiger partial charge in [-0.05, 0) is 46.0 Å². The van der Waals surface area contributed by atoms with Crippen LogP contribution in [0.4, 0.5) is 4.79 Å². The molecule has 0 aliphatic heterocycles. The molecule has 0 heterocycles. The summed E-state index contributed by atoms with van der Waals surface area (Å²) in [6, 6.07) is -1.07. The SMILES string of the molecule is COC(=O)C[C@H](CC(C)C)N(C)C(=O)C[C@H](C)NC(=O)C[C@@H](NC(=O)OC(C)(C)C)C(C)C. The lowest BCUT2D eigenvalue weighted by atomic mass is 9.99. The minimum Gasteiger partial charge on any atom is -0.469 e. The Morgan fingerprint density at radius 2 is 1.48 bits per heavy atom. The summed E-state index contributed by atoms with van der Waals surface area (Å²) >= 11 is 0. The smallest absolute Gasteiger partial charge is 0.407 e. The predicted octanol–water partition coefficient (Wildman–Crippen LogP) is 3.26. The highest BCUT2D eigenvalue weighted by Gasteiger charge is 2.27. The van der Waals surface area contributed by atoms with Crippen molar-refractivity contribution in [2.45, 2.75) is 105 Å². The second kappa shape index (κ2) is 14.1. The number of hydrogen-bond acceptors (Lipinski definition) is 6. The fourth-order valence-corrected chi connectivity index (χ4v) is 3.30. The van der Waals surface area contributed by atoms with E-state index in [0.717, 1.165) is 0 Å². The average molecular weight is 472 g/mol. The molecule has 192 valence electrons. The summed E-state index contributed by atoms with van der Waals surface area (Å²) in [7, 11) is 3.00. The molecule has 0 saturated carbocycles. The molecule has 0 aromatic rings. The van der Waals surface area contributed by atoms with Gasteiger partial charge in [-0.25, -0.2) is 4.79 Å². The maximum atomic E-state index is 12.8. The molecule has 0 aromatic heterocycles. The number of ether oxygens (including phenoxy) is 2. The number of carbonyl (C=O) groups excluding carboxylic acids is 4. The number of nitrogens with one attached hydrogen (secondary N) is 2. The zero-order valence-electron chi connectivity index (χ0n) is 22.1. The molecule has 3 amide bonds. The average Bonchev–Trinajstić information content (AvgIpc) is 2.63. The molecule has 0 aromatic carbocycles. The van der Waals surface area contributed by atoms with Gasteiger partial charge < -0.3 is 25.0 Å². The lowest BCUT2D eigenvalue weighted by Gasteiger charge is -2.30. The van der Waals surface area contributed by atoms with Crippen LogP contribution in [0.15, 0.2) is 0 Å². The zero-order valence-corrected chi connectivity index (χ0v) is 22.1. The van der Waals surface area contributed by atoms with Gasteiger partial charge in [0.25, 0.3) is 0 Å². The van der Waals surface area contributed by atoms with Crippen molar-refractivity contribution in [3.63, 3.8) is 0 Å². The maximum Gasteiger partial charge on any atom is 0.407 e. The van der Waals surface area contributed by atoms with Crippen molar-refractivity contribution in [3.8, 4) is 0 Å². The third-order valence-corrected chi connectivity index (χ3v) is 5.11. The van der Waals surface area contributed by atoms with E-state index in [1.807, 2.05) is 27.7 Å². The fraction of sp³-hybridized carbons (Fsp3) is 0.833. The number of esters is 1. The first-order chi connectivity index (χ1) is 15.0. The standard InChI is InChI=1S/C24H45N3O6/c1-15(2)11-18(13-22(30)32-10)27(9)21(29)12-17(5)25-20(28)14-19(16(3)4)26-23(31)33-24(6,7)8/h15-19H,11-14H2,1-10H3,(H,25,28)(H,26,31)/t17-,18-,19+/m0/s1. The van der Waals surface area contributed by atoms with Crippen molar-refractivity contribution in [1.29, 1.82) is 0 Å². The predicted molar refractivity (Wildman–Crippen MR) is 127 cm³/mol. The number of methoxy groups -OCH3 is 1. The molecular formula is C24H45N3O6. The molecule has 9 nitrogen and oxygen atoms in total. The van der Waals surface area contributed by atoms with E-state index in [1.165, 1.54) is 7.11 Å². The summed E-state index contributed by atoms with van der Waals surface area (Å²) in [5, 5.41) is 5.59. The molecule has 9 heteroatoms. The molecule has 3 atom stereocenters. The van der Waals surface area contributed by atoms with Crippen molar-refractivity contribution in [2.24, 2.45) is 11.8 Å². The summed E-state index contributed by atoms with van der Waals surface area (Å²) in [5.41, 5.74) is -0.629. The first-order valence-corrected chi connectivity index (χ1v) is 11.7.